The van der Waals surface area contributed by atoms with Gasteiger partial charge in [0.2, 0.25) is 15.9 Å². The number of anilines is 1. The molecule has 0 aliphatic heterocycles. The zero-order valence-corrected chi connectivity index (χ0v) is 14.6. The first-order chi connectivity index (χ1) is 10.8. The van der Waals surface area contributed by atoms with E-state index in [0.29, 0.717) is 17.7 Å². The number of benzene rings is 1. The molecule has 1 aromatic rings. The molecule has 0 unspecified atom stereocenters. The van der Waals surface area contributed by atoms with Crippen LogP contribution in [0.5, 0.6) is 0 Å². The third-order valence-corrected chi connectivity index (χ3v) is 4.53. The van der Waals surface area contributed by atoms with Crippen LogP contribution in [0.15, 0.2) is 24.3 Å². The van der Waals surface area contributed by atoms with Crippen LogP contribution in [0.4, 0.5) is 5.69 Å². The van der Waals surface area contributed by atoms with Crippen LogP contribution in [-0.2, 0) is 14.8 Å². The van der Waals surface area contributed by atoms with E-state index in [2.05, 4.69) is 5.32 Å². The molecule has 1 aromatic carbocycles. The van der Waals surface area contributed by atoms with Crippen LogP contribution in [-0.4, -0.2) is 39.5 Å². The van der Waals surface area contributed by atoms with Crippen LogP contribution in [0.25, 0.3) is 0 Å². The number of nitrogens with one attached hydrogen (secondary N) is 1. The standard InChI is InChI=1S/C16H24N2O4S/c1-4-5-9-16(20)17-10-11-18(23(3,21)22)15-8-6-7-14(12-15)13(2)19/h6-8,12H,4-5,9-11H2,1-3H3,(H,17,20). The van der Waals surface area contributed by atoms with Gasteiger partial charge in [0.05, 0.1) is 18.5 Å². The maximum atomic E-state index is 12.0. The maximum absolute atomic E-state index is 12.0. The highest BCUT2D eigenvalue weighted by Gasteiger charge is 2.18. The molecular formula is C16H24N2O4S. The Hall–Kier alpha value is -1.89. The van der Waals surface area contributed by atoms with Crippen molar-refractivity contribution in [2.24, 2.45) is 0 Å². The third-order valence-electron chi connectivity index (χ3n) is 3.34. The second kappa shape index (κ2) is 8.67. The second-order valence-electron chi connectivity index (χ2n) is 5.40. The Morgan fingerprint density at radius 2 is 1.96 bits per heavy atom. The van der Waals surface area contributed by atoms with E-state index in [1.165, 1.54) is 11.2 Å². The van der Waals surface area contributed by atoms with Crippen molar-refractivity contribution < 1.29 is 18.0 Å². The van der Waals surface area contributed by atoms with Gasteiger partial charge in [0.1, 0.15) is 0 Å². The van der Waals surface area contributed by atoms with E-state index < -0.39 is 10.0 Å². The molecule has 0 bridgehead atoms. The molecule has 0 saturated carbocycles. The Bertz CT molecular complexity index is 656. The minimum atomic E-state index is -3.50. The van der Waals surface area contributed by atoms with Crippen molar-refractivity contribution in [2.75, 3.05) is 23.7 Å². The van der Waals surface area contributed by atoms with Crippen LogP contribution in [0, 0.1) is 0 Å². The van der Waals surface area contributed by atoms with Gasteiger partial charge in [-0.25, -0.2) is 8.42 Å². The predicted molar refractivity (Wildman–Crippen MR) is 91.2 cm³/mol. The zero-order chi connectivity index (χ0) is 17.5. The lowest BCUT2D eigenvalue weighted by molar-refractivity contribution is -0.121. The Labute approximate surface area is 137 Å². The molecule has 0 aliphatic rings. The summed E-state index contributed by atoms with van der Waals surface area (Å²) in [5.41, 5.74) is 0.867. The van der Waals surface area contributed by atoms with E-state index in [-0.39, 0.29) is 24.8 Å². The van der Waals surface area contributed by atoms with Gasteiger partial charge in [-0.3, -0.25) is 13.9 Å². The molecular weight excluding hydrogens is 316 g/mol. The fourth-order valence-electron chi connectivity index (χ4n) is 2.09. The van der Waals surface area contributed by atoms with Gasteiger partial charge in [-0.1, -0.05) is 25.5 Å². The van der Waals surface area contributed by atoms with Crippen LogP contribution in [0.2, 0.25) is 0 Å². The van der Waals surface area contributed by atoms with Crippen LogP contribution in [0.3, 0.4) is 0 Å². The Morgan fingerprint density at radius 3 is 2.52 bits per heavy atom. The Kier molecular flexibility index (Phi) is 7.22. The molecule has 0 radical (unpaired) electrons. The van der Waals surface area contributed by atoms with E-state index in [9.17, 15) is 18.0 Å². The molecule has 0 spiro atoms. The van der Waals surface area contributed by atoms with E-state index in [4.69, 9.17) is 0 Å². The van der Waals surface area contributed by atoms with E-state index >= 15 is 0 Å². The molecule has 0 atom stereocenters. The van der Waals surface area contributed by atoms with Gasteiger partial charge in [0, 0.05) is 18.5 Å². The lowest BCUT2D eigenvalue weighted by atomic mass is 10.1. The molecule has 0 saturated heterocycles. The van der Waals surface area contributed by atoms with E-state index in [1.54, 1.807) is 24.3 Å². The molecule has 1 rings (SSSR count). The minimum Gasteiger partial charge on any atom is -0.354 e. The largest absolute Gasteiger partial charge is 0.354 e. The summed E-state index contributed by atoms with van der Waals surface area (Å²) in [6, 6.07) is 6.46. The third kappa shape index (κ3) is 6.40. The number of sulfonamides is 1. The molecule has 0 aliphatic carbocycles. The molecule has 0 aromatic heterocycles. The van der Waals surface area contributed by atoms with Gasteiger partial charge >= 0.3 is 0 Å². The van der Waals surface area contributed by atoms with E-state index in [1.807, 2.05) is 6.92 Å². The van der Waals surface area contributed by atoms with Gasteiger partial charge in [-0.15, -0.1) is 0 Å². The van der Waals surface area contributed by atoms with Crippen LogP contribution in [0.1, 0.15) is 43.5 Å². The summed E-state index contributed by atoms with van der Waals surface area (Å²) in [6.07, 6.45) is 3.28. The summed E-state index contributed by atoms with van der Waals surface area (Å²) < 4.78 is 25.2. The number of carbonyl (C=O) groups excluding carboxylic acids is 2. The highest BCUT2D eigenvalue weighted by atomic mass is 32.2. The van der Waals surface area contributed by atoms with Gasteiger partial charge < -0.3 is 5.32 Å². The van der Waals surface area contributed by atoms with Crippen molar-refractivity contribution in [2.45, 2.75) is 33.1 Å². The second-order valence-corrected chi connectivity index (χ2v) is 7.30. The quantitative estimate of drug-likeness (QED) is 0.697. The number of unbranched alkanes of at least 4 members (excludes halogenated alkanes) is 1. The van der Waals surface area contributed by atoms with Crippen LogP contribution < -0.4 is 9.62 Å². The van der Waals surface area contributed by atoms with Gasteiger partial charge in [0.15, 0.2) is 5.78 Å². The number of nitrogens with zero attached hydrogens (tertiary/aromatic N) is 1. The highest BCUT2D eigenvalue weighted by molar-refractivity contribution is 7.92. The first-order valence-corrected chi connectivity index (χ1v) is 9.46. The molecule has 23 heavy (non-hydrogen) atoms. The molecule has 0 fully saturated rings. The normalized spacial score (nSPS) is 11.1. The van der Waals surface area contributed by atoms with Gasteiger partial charge in [-0.2, -0.15) is 0 Å². The number of amides is 1. The number of ketones is 1. The molecule has 128 valence electrons. The van der Waals surface area contributed by atoms with Crippen molar-refractivity contribution in [3.8, 4) is 0 Å². The summed E-state index contributed by atoms with van der Waals surface area (Å²) in [4.78, 5) is 23.0. The number of rotatable bonds is 9. The van der Waals surface area contributed by atoms with E-state index in [0.717, 1.165) is 19.1 Å². The lowest BCUT2D eigenvalue weighted by Crippen LogP contribution is -2.38. The first kappa shape index (κ1) is 19.2. The van der Waals surface area contributed by atoms with Crippen molar-refractivity contribution >= 4 is 27.4 Å². The average Bonchev–Trinajstić information content (AvgIpc) is 2.48. The van der Waals surface area contributed by atoms with Crippen LogP contribution >= 0.6 is 0 Å². The van der Waals surface area contributed by atoms with Crippen molar-refractivity contribution in [1.29, 1.82) is 0 Å². The molecule has 6 nitrogen and oxygen atoms in total. The summed E-state index contributed by atoms with van der Waals surface area (Å²) in [5.74, 6) is -0.217. The molecule has 7 heteroatoms. The monoisotopic (exact) mass is 340 g/mol. The lowest BCUT2D eigenvalue weighted by Gasteiger charge is -2.23. The maximum Gasteiger partial charge on any atom is 0.232 e. The van der Waals surface area contributed by atoms with Gasteiger partial charge in [0.25, 0.3) is 0 Å². The minimum absolute atomic E-state index is 0.0854. The van der Waals surface area contributed by atoms with Crippen molar-refractivity contribution in [3.05, 3.63) is 29.8 Å². The molecule has 0 heterocycles. The van der Waals surface area contributed by atoms with Gasteiger partial charge in [-0.05, 0) is 25.5 Å². The summed E-state index contributed by atoms with van der Waals surface area (Å²) in [6.45, 7) is 3.77. The predicted octanol–water partition coefficient (Wildman–Crippen LogP) is 1.96. The first-order valence-electron chi connectivity index (χ1n) is 7.61. The SMILES string of the molecule is CCCCC(=O)NCCN(c1cccc(C(C)=O)c1)S(C)(=O)=O. The zero-order valence-electron chi connectivity index (χ0n) is 13.8. The Balaban J connectivity index is 2.81. The Morgan fingerprint density at radius 1 is 1.26 bits per heavy atom. The number of hydrogen-bond acceptors (Lipinski definition) is 4. The summed E-state index contributed by atoms with van der Waals surface area (Å²) in [5, 5.41) is 2.72. The van der Waals surface area contributed by atoms with Crippen molar-refractivity contribution in [3.63, 3.8) is 0 Å². The molecule has 1 amide bonds. The summed E-state index contributed by atoms with van der Waals surface area (Å²) in [7, 11) is -3.50. The highest BCUT2D eigenvalue weighted by Crippen LogP contribution is 2.19. The topological polar surface area (TPSA) is 83.6 Å². The fraction of sp³-hybridized carbons (Fsp3) is 0.500. The fourth-order valence-corrected chi connectivity index (χ4v) is 3.01. The molecule has 1 N–H and O–H groups in total. The van der Waals surface area contributed by atoms with Crippen molar-refractivity contribution in [1.82, 2.24) is 5.32 Å². The summed E-state index contributed by atoms with van der Waals surface area (Å²) >= 11 is 0. The number of carbonyl (C=O) groups is 2. The number of hydrogen-bond donors (Lipinski definition) is 1. The smallest absolute Gasteiger partial charge is 0.232 e. The average molecular weight is 340 g/mol. The number of Topliss-reactive ketones (excluding diaryl/α,β-unsaturated/α-hetero) is 1.